The summed E-state index contributed by atoms with van der Waals surface area (Å²) in [6.45, 7) is 2.32. The maximum atomic E-state index is 9.51. The Hall–Kier alpha value is -0.0800. The van der Waals surface area contributed by atoms with Gasteiger partial charge in [0.1, 0.15) is 0 Å². The first kappa shape index (κ1) is 9.47. The molecule has 2 nitrogen and oxygen atoms in total. The first-order valence-corrected chi connectivity index (χ1v) is 5.70. The third-order valence-electron chi connectivity index (χ3n) is 3.72. The van der Waals surface area contributed by atoms with Crippen molar-refractivity contribution in [1.82, 2.24) is 5.32 Å². The Morgan fingerprint density at radius 1 is 1.15 bits per heavy atom. The molecule has 0 saturated heterocycles. The molecule has 2 fully saturated rings. The summed E-state index contributed by atoms with van der Waals surface area (Å²) in [5.74, 6) is 0.860. The standard InChI is InChI=1S/C11H21NO/c1-8-5-6-11(8)12-9-3-2-4-10(13)7-9/h8-13H,2-7H2,1H3. The quantitative estimate of drug-likeness (QED) is 0.682. The van der Waals surface area contributed by atoms with Crippen LogP contribution in [0.4, 0.5) is 0 Å². The summed E-state index contributed by atoms with van der Waals surface area (Å²) in [7, 11) is 0. The van der Waals surface area contributed by atoms with E-state index in [9.17, 15) is 5.11 Å². The van der Waals surface area contributed by atoms with Crippen LogP contribution in [-0.2, 0) is 0 Å². The fourth-order valence-corrected chi connectivity index (χ4v) is 2.53. The van der Waals surface area contributed by atoms with Crippen molar-refractivity contribution in [2.75, 3.05) is 0 Å². The van der Waals surface area contributed by atoms with Crippen LogP contribution in [0.2, 0.25) is 0 Å². The second-order valence-corrected chi connectivity index (χ2v) is 4.85. The summed E-state index contributed by atoms with van der Waals surface area (Å²) in [6.07, 6.45) is 7.13. The highest BCUT2D eigenvalue weighted by Crippen LogP contribution is 2.29. The van der Waals surface area contributed by atoms with E-state index in [1.807, 2.05) is 0 Å². The van der Waals surface area contributed by atoms with Gasteiger partial charge in [0.25, 0.3) is 0 Å². The lowest BCUT2D eigenvalue weighted by atomic mass is 9.79. The summed E-state index contributed by atoms with van der Waals surface area (Å²) in [4.78, 5) is 0. The summed E-state index contributed by atoms with van der Waals surface area (Å²) >= 11 is 0. The van der Waals surface area contributed by atoms with Crippen LogP contribution in [-0.4, -0.2) is 23.3 Å². The third kappa shape index (κ3) is 2.23. The zero-order valence-electron chi connectivity index (χ0n) is 8.50. The Balaban J connectivity index is 1.74. The van der Waals surface area contributed by atoms with Crippen LogP contribution >= 0.6 is 0 Å². The molecule has 13 heavy (non-hydrogen) atoms. The SMILES string of the molecule is CC1CCC1NC1CCCC(O)C1. The van der Waals surface area contributed by atoms with Crippen molar-refractivity contribution in [3.05, 3.63) is 0 Å². The van der Waals surface area contributed by atoms with Crippen LogP contribution in [0.25, 0.3) is 0 Å². The number of aliphatic hydroxyl groups is 1. The van der Waals surface area contributed by atoms with Gasteiger partial charge in [0.2, 0.25) is 0 Å². The van der Waals surface area contributed by atoms with Crippen LogP contribution < -0.4 is 5.32 Å². The molecule has 2 N–H and O–H groups in total. The minimum Gasteiger partial charge on any atom is -0.393 e. The third-order valence-corrected chi connectivity index (χ3v) is 3.72. The van der Waals surface area contributed by atoms with Crippen molar-refractivity contribution in [2.45, 2.75) is 63.6 Å². The van der Waals surface area contributed by atoms with E-state index < -0.39 is 0 Å². The van der Waals surface area contributed by atoms with E-state index in [2.05, 4.69) is 12.2 Å². The number of nitrogens with one attached hydrogen (secondary N) is 1. The van der Waals surface area contributed by atoms with E-state index in [0.29, 0.717) is 6.04 Å². The Labute approximate surface area is 80.7 Å². The molecular formula is C11H21NO. The molecule has 4 unspecified atom stereocenters. The molecule has 0 aromatic heterocycles. The van der Waals surface area contributed by atoms with Crippen LogP contribution in [0, 0.1) is 5.92 Å². The van der Waals surface area contributed by atoms with E-state index >= 15 is 0 Å². The fourth-order valence-electron chi connectivity index (χ4n) is 2.53. The van der Waals surface area contributed by atoms with Crippen LogP contribution in [0.15, 0.2) is 0 Å². The number of hydrogen-bond donors (Lipinski definition) is 2. The highest BCUT2D eigenvalue weighted by Gasteiger charge is 2.30. The number of rotatable bonds is 2. The maximum absolute atomic E-state index is 9.51. The van der Waals surface area contributed by atoms with Crippen molar-refractivity contribution in [3.63, 3.8) is 0 Å². The average molecular weight is 183 g/mol. The highest BCUT2D eigenvalue weighted by molar-refractivity contribution is 4.88. The number of aliphatic hydroxyl groups excluding tert-OH is 1. The van der Waals surface area contributed by atoms with Crippen LogP contribution in [0.5, 0.6) is 0 Å². The second-order valence-electron chi connectivity index (χ2n) is 4.85. The highest BCUT2D eigenvalue weighted by atomic mass is 16.3. The molecule has 0 aromatic carbocycles. The zero-order valence-corrected chi connectivity index (χ0v) is 8.50. The van der Waals surface area contributed by atoms with E-state index in [1.54, 1.807) is 0 Å². The van der Waals surface area contributed by atoms with E-state index in [0.717, 1.165) is 24.8 Å². The molecule has 0 aromatic rings. The Kier molecular flexibility index (Phi) is 2.89. The summed E-state index contributed by atoms with van der Waals surface area (Å²) < 4.78 is 0. The minimum absolute atomic E-state index is 0.0402. The van der Waals surface area contributed by atoms with Gasteiger partial charge in [-0.15, -0.1) is 0 Å². The molecule has 0 radical (unpaired) electrons. The van der Waals surface area contributed by atoms with Gasteiger partial charge in [0.05, 0.1) is 6.10 Å². The molecule has 2 saturated carbocycles. The lowest BCUT2D eigenvalue weighted by Gasteiger charge is -2.39. The fraction of sp³-hybridized carbons (Fsp3) is 1.00. The van der Waals surface area contributed by atoms with Crippen LogP contribution in [0.1, 0.15) is 45.4 Å². The molecule has 0 spiro atoms. The van der Waals surface area contributed by atoms with Crippen molar-refractivity contribution in [3.8, 4) is 0 Å². The largest absolute Gasteiger partial charge is 0.393 e. The monoisotopic (exact) mass is 183 g/mol. The molecule has 0 aliphatic heterocycles. The Morgan fingerprint density at radius 2 is 2.00 bits per heavy atom. The maximum Gasteiger partial charge on any atom is 0.0555 e. The molecule has 2 heteroatoms. The van der Waals surface area contributed by atoms with Gasteiger partial charge < -0.3 is 10.4 Å². The van der Waals surface area contributed by atoms with Gasteiger partial charge in [-0.1, -0.05) is 6.92 Å². The molecule has 2 aliphatic carbocycles. The van der Waals surface area contributed by atoms with Crippen molar-refractivity contribution in [2.24, 2.45) is 5.92 Å². The lowest BCUT2D eigenvalue weighted by molar-refractivity contribution is 0.0958. The van der Waals surface area contributed by atoms with Gasteiger partial charge in [-0.05, 0) is 44.4 Å². The molecular weight excluding hydrogens is 162 g/mol. The smallest absolute Gasteiger partial charge is 0.0555 e. The summed E-state index contributed by atoms with van der Waals surface area (Å²) in [5.41, 5.74) is 0. The van der Waals surface area contributed by atoms with Crippen molar-refractivity contribution >= 4 is 0 Å². The van der Waals surface area contributed by atoms with Gasteiger partial charge in [0.15, 0.2) is 0 Å². The molecule has 4 atom stereocenters. The summed E-state index contributed by atoms with van der Waals surface area (Å²) in [5, 5.41) is 13.2. The van der Waals surface area contributed by atoms with Crippen LogP contribution in [0.3, 0.4) is 0 Å². The lowest BCUT2D eigenvalue weighted by Crippen LogP contribution is -2.49. The predicted octanol–water partition coefficient (Wildman–Crippen LogP) is 1.68. The van der Waals surface area contributed by atoms with E-state index in [1.165, 1.54) is 25.7 Å². The molecule has 2 aliphatic rings. The Bertz CT molecular complexity index is 171. The first-order chi connectivity index (χ1) is 6.25. The van der Waals surface area contributed by atoms with Crippen molar-refractivity contribution in [1.29, 1.82) is 0 Å². The molecule has 0 heterocycles. The molecule has 0 amide bonds. The minimum atomic E-state index is -0.0402. The first-order valence-electron chi connectivity index (χ1n) is 5.70. The molecule has 76 valence electrons. The van der Waals surface area contributed by atoms with E-state index in [-0.39, 0.29) is 6.10 Å². The topological polar surface area (TPSA) is 32.3 Å². The zero-order chi connectivity index (χ0) is 9.26. The van der Waals surface area contributed by atoms with Gasteiger partial charge in [-0.2, -0.15) is 0 Å². The van der Waals surface area contributed by atoms with E-state index in [4.69, 9.17) is 0 Å². The summed E-state index contributed by atoms with van der Waals surface area (Å²) in [6, 6.07) is 1.34. The normalized spacial score (nSPS) is 45.7. The van der Waals surface area contributed by atoms with Gasteiger partial charge in [-0.3, -0.25) is 0 Å². The van der Waals surface area contributed by atoms with Gasteiger partial charge >= 0.3 is 0 Å². The Morgan fingerprint density at radius 3 is 2.54 bits per heavy atom. The molecule has 0 bridgehead atoms. The molecule has 2 rings (SSSR count). The average Bonchev–Trinajstić information content (AvgIpc) is 2.12. The van der Waals surface area contributed by atoms with Gasteiger partial charge in [0, 0.05) is 12.1 Å². The number of hydrogen-bond acceptors (Lipinski definition) is 2. The van der Waals surface area contributed by atoms with Gasteiger partial charge in [-0.25, -0.2) is 0 Å². The predicted molar refractivity (Wildman–Crippen MR) is 53.6 cm³/mol. The second kappa shape index (κ2) is 3.97. The van der Waals surface area contributed by atoms with Crippen molar-refractivity contribution < 1.29 is 5.11 Å².